The highest BCUT2D eigenvalue weighted by molar-refractivity contribution is 8.00. The number of hydrogen-bond donors (Lipinski definition) is 1. The van der Waals surface area contributed by atoms with Crippen molar-refractivity contribution in [3.05, 3.63) is 24.3 Å². The van der Waals surface area contributed by atoms with Crippen LogP contribution in [0.15, 0.2) is 18.2 Å². The Balaban J connectivity index is 2.09. The minimum atomic E-state index is 0.569. The monoisotopic (exact) mass is 152 g/mol. The molecular formula is C8H10NS. The van der Waals surface area contributed by atoms with Gasteiger partial charge in [0.05, 0.1) is 0 Å². The quantitative estimate of drug-likeness (QED) is 0.555. The van der Waals surface area contributed by atoms with Crippen molar-refractivity contribution < 1.29 is 0 Å². The SMILES string of the molecule is [C]1=CC2SCCNC2C=C1. The largest absolute Gasteiger partial charge is 0.308 e. The molecule has 53 valence electrons. The lowest BCUT2D eigenvalue weighted by Crippen LogP contribution is -2.42. The van der Waals surface area contributed by atoms with Gasteiger partial charge in [0.2, 0.25) is 0 Å². The molecule has 2 atom stereocenters. The highest BCUT2D eigenvalue weighted by Gasteiger charge is 2.21. The summed E-state index contributed by atoms with van der Waals surface area (Å²) in [7, 11) is 0. The Kier molecular flexibility index (Phi) is 1.82. The van der Waals surface area contributed by atoms with Gasteiger partial charge in [-0.15, -0.1) is 0 Å². The molecule has 0 bridgehead atoms. The van der Waals surface area contributed by atoms with Gasteiger partial charge in [-0.05, 0) is 6.08 Å². The molecule has 10 heavy (non-hydrogen) atoms. The number of nitrogens with one attached hydrogen (secondary N) is 1. The van der Waals surface area contributed by atoms with E-state index in [2.05, 4.69) is 23.5 Å². The molecule has 1 heterocycles. The van der Waals surface area contributed by atoms with E-state index in [1.54, 1.807) is 0 Å². The molecule has 1 N–H and O–H groups in total. The molecule has 0 saturated carbocycles. The first-order chi connectivity index (χ1) is 4.97. The van der Waals surface area contributed by atoms with Crippen LogP contribution in [0, 0.1) is 6.08 Å². The maximum atomic E-state index is 3.44. The molecule has 0 amide bonds. The van der Waals surface area contributed by atoms with E-state index in [0.717, 1.165) is 6.54 Å². The van der Waals surface area contributed by atoms with Crippen molar-refractivity contribution in [2.24, 2.45) is 0 Å². The molecule has 1 fully saturated rings. The molecule has 1 aliphatic carbocycles. The fourth-order valence-electron chi connectivity index (χ4n) is 1.28. The molecule has 0 spiro atoms. The molecule has 2 heteroatoms. The second-order valence-corrected chi connectivity index (χ2v) is 3.79. The molecule has 1 radical (unpaired) electrons. The summed E-state index contributed by atoms with van der Waals surface area (Å²) in [5.41, 5.74) is 0. The molecule has 0 aromatic heterocycles. The van der Waals surface area contributed by atoms with Crippen molar-refractivity contribution in [1.29, 1.82) is 0 Å². The van der Waals surface area contributed by atoms with Gasteiger partial charge >= 0.3 is 0 Å². The van der Waals surface area contributed by atoms with E-state index in [-0.39, 0.29) is 0 Å². The fraction of sp³-hybridized carbons (Fsp3) is 0.500. The summed E-state index contributed by atoms with van der Waals surface area (Å²) in [5, 5.41) is 4.08. The third-order valence-corrected chi connectivity index (χ3v) is 3.06. The van der Waals surface area contributed by atoms with Gasteiger partial charge in [-0.1, -0.05) is 18.2 Å². The first-order valence-corrected chi connectivity index (χ1v) is 4.63. The lowest BCUT2D eigenvalue weighted by molar-refractivity contribution is 0.612. The van der Waals surface area contributed by atoms with E-state index >= 15 is 0 Å². The minimum absolute atomic E-state index is 0.569. The summed E-state index contributed by atoms with van der Waals surface area (Å²) in [6.45, 7) is 1.14. The van der Waals surface area contributed by atoms with Crippen molar-refractivity contribution in [3.8, 4) is 0 Å². The Labute approximate surface area is 65.6 Å². The Bertz CT molecular complexity index is 154. The van der Waals surface area contributed by atoms with Gasteiger partial charge in [-0.3, -0.25) is 0 Å². The highest BCUT2D eigenvalue weighted by Crippen LogP contribution is 2.22. The number of hydrogen-bond acceptors (Lipinski definition) is 2. The highest BCUT2D eigenvalue weighted by atomic mass is 32.2. The Morgan fingerprint density at radius 3 is 3.50 bits per heavy atom. The minimum Gasteiger partial charge on any atom is -0.308 e. The Morgan fingerprint density at radius 1 is 1.60 bits per heavy atom. The maximum absolute atomic E-state index is 3.44. The van der Waals surface area contributed by atoms with Crippen LogP contribution in [0.1, 0.15) is 0 Å². The van der Waals surface area contributed by atoms with Crippen LogP contribution < -0.4 is 5.32 Å². The van der Waals surface area contributed by atoms with E-state index in [1.165, 1.54) is 5.75 Å². The number of allylic oxidation sites excluding steroid dienone is 2. The molecule has 1 saturated heterocycles. The van der Waals surface area contributed by atoms with Gasteiger partial charge in [0, 0.05) is 23.6 Å². The number of thioether (sulfide) groups is 1. The molecule has 2 rings (SSSR count). The van der Waals surface area contributed by atoms with E-state index < -0.39 is 0 Å². The van der Waals surface area contributed by atoms with Gasteiger partial charge in [0.1, 0.15) is 0 Å². The van der Waals surface area contributed by atoms with Crippen molar-refractivity contribution in [2.75, 3.05) is 12.3 Å². The smallest absolute Gasteiger partial charge is 0.0426 e. The van der Waals surface area contributed by atoms with Gasteiger partial charge in [0.15, 0.2) is 0 Å². The molecular weight excluding hydrogens is 142 g/mol. The average Bonchev–Trinajstić information content (AvgIpc) is 2.05. The summed E-state index contributed by atoms with van der Waals surface area (Å²) in [4.78, 5) is 0. The Morgan fingerprint density at radius 2 is 2.60 bits per heavy atom. The lowest BCUT2D eigenvalue weighted by atomic mass is 10.1. The summed E-state index contributed by atoms with van der Waals surface area (Å²) in [6, 6.07) is 0.569. The second-order valence-electron chi connectivity index (χ2n) is 2.51. The van der Waals surface area contributed by atoms with Crippen molar-refractivity contribution in [2.45, 2.75) is 11.3 Å². The molecule has 1 nitrogen and oxygen atoms in total. The number of fused-ring (bicyclic) bond motifs is 1. The molecule has 0 aromatic carbocycles. The van der Waals surface area contributed by atoms with Crippen LogP contribution >= 0.6 is 11.8 Å². The zero-order valence-corrected chi connectivity index (χ0v) is 6.53. The molecule has 2 aliphatic rings. The lowest BCUT2D eigenvalue weighted by Gasteiger charge is -2.29. The van der Waals surface area contributed by atoms with Crippen LogP contribution in [0.25, 0.3) is 0 Å². The van der Waals surface area contributed by atoms with E-state index in [9.17, 15) is 0 Å². The van der Waals surface area contributed by atoms with Crippen LogP contribution in [-0.4, -0.2) is 23.6 Å². The maximum Gasteiger partial charge on any atom is 0.0426 e. The van der Waals surface area contributed by atoms with Crippen molar-refractivity contribution in [3.63, 3.8) is 0 Å². The molecule has 1 aliphatic heterocycles. The normalized spacial score (nSPS) is 37.6. The third-order valence-electron chi connectivity index (χ3n) is 1.81. The van der Waals surface area contributed by atoms with E-state index in [1.807, 2.05) is 17.8 Å². The van der Waals surface area contributed by atoms with Crippen LogP contribution in [-0.2, 0) is 0 Å². The predicted molar refractivity (Wildman–Crippen MR) is 45.0 cm³/mol. The zero-order valence-electron chi connectivity index (χ0n) is 5.71. The molecule has 0 aromatic rings. The van der Waals surface area contributed by atoms with Gasteiger partial charge < -0.3 is 5.32 Å². The standard InChI is InChI=1S/C8H10NS/c1-2-4-8-7(3-1)9-5-6-10-8/h1,3-4,7-9H,5-6H2. The van der Waals surface area contributed by atoms with Gasteiger partial charge in [-0.2, -0.15) is 11.8 Å². The van der Waals surface area contributed by atoms with Gasteiger partial charge in [0.25, 0.3) is 0 Å². The zero-order chi connectivity index (χ0) is 6.81. The first kappa shape index (κ1) is 6.50. The van der Waals surface area contributed by atoms with Crippen LogP contribution in [0.3, 0.4) is 0 Å². The van der Waals surface area contributed by atoms with Crippen LogP contribution in [0.5, 0.6) is 0 Å². The fourth-order valence-corrected chi connectivity index (χ4v) is 2.36. The molecule has 2 unspecified atom stereocenters. The summed E-state index contributed by atoms with van der Waals surface area (Å²) in [5.74, 6) is 1.23. The topological polar surface area (TPSA) is 12.0 Å². The Hall–Kier alpha value is -0.210. The van der Waals surface area contributed by atoms with Crippen molar-refractivity contribution >= 4 is 11.8 Å². The summed E-state index contributed by atoms with van der Waals surface area (Å²) >= 11 is 2.02. The van der Waals surface area contributed by atoms with E-state index in [4.69, 9.17) is 0 Å². The summed E-state index contributed by atoms with van der Waals surface area (Å²) in [6.07, 6.45) is 9.46. The average molecular weight is 152 g/mol. The van der Waals surface area contributed by atoms with Gasteiger partial charge in [-0.25, -0.2) is 0 Å². The third kappa shape index (κ3) is 1.13. The number of rotatable bonds is 0. The predicted octanol–water partition coefficient (Wildman–Crippen LogP) is 0.989. The van der Waals surface area contributed by atoms with Crippen LogP contribution in [0.4, 0.5) is 0 Å². The van der Waals surface area contributed by atoms with Crippen molar-refractivity contribution in [1.82, 2.24) is 5.32 Å². The second kappa shape index (κ2) is 2.81. The van der Waals surface area contributed by atoms with E-state index in [0.29, 0.717) is 11.3 Å². The summed E-state index contributed by atoms with van der Waals surface area (Å²) < 4.78 is 0. The van der Waals surface area contributed by atoms with Crippen LogP contribution in [0.2, 0.25) is 0 Å². The first-order valence-electron chi connectivity index (χ1n) is 3.58.